The van der Waals surface area contributed by atoms with Gasteiger partial charge in [0, 0.05) is 32.7 Å². The molecule has 1 aromatic carbocycles. The van der Waals surface area contributed by atoms with Crippen LogP contribution in [-0.2, 0) is 17.7 Å². The lowest BCUT2D eigenvalue weighted by atomic mass is 9.94. The van der Waals surface area contributed by atoms with Gasteiger partial charge in [-0.25, -0.2) is 9.67 Å². The van der Waals surface area contributed by atoms with Crippen LogP contribution >= 0.6 is 0 Å². The Hall–Kier alpha value is -2.61. The van der Waals surface area contributed by atoms with E-state index in [1.807, 2.05) is 29.8 Å². The van der Waals surface area contributed by atoms with Crippen molar-refractivity contribution < 1.29 is 13.9 Å². The number of benzene rings is 1. The van der Waals surface area contributed by atoms with E-state index in [4.69, 9.17) is 13.9 Å². The summed E-state index contributed by atoms with van der Waals surface area (Å²) in [5.74, 6) is 3.12. The minimum atomic E-state index is 0.489. The van der Waals surface area contributed by atoms with E-state index in [9.17, 15) is 0 Å². The number of piperidine rings is 1. The lowest BCUT2D eigenvalue weighted by molar-refractivity contribution is 0.181. The summed E-state index contributed by atoms with van der Waals surface area (Å²) >= 11 is 0. The Morgan fingerprint density at radius 2 is 2.14 bits per heavy atom. The maximum absolute atomic E-state index is 6.00. The van der Waals surface area contributed by atoms with E-state index in [1.165, 1.54) is 6.42 Å². The van der Waals surface area contributed by atoms with E-state index in [0.717, 1.165) is 61.0 Å². The van der Waals surface area contributed by atoms with Crippen molar-refractivity contribution in [2.24, 2.45) is 5.92 Å². The van der Waals surface area contributed by atoms with Gasteiger partial charge in [0.15, 0.2) is 5.58 Å². The molecule has 0 amide bonds. The quantitative estimate of drug-likeness (QED) is 0.619. The molecule has 1 atom stereocenters. The molecule has 0 aliphatic carbocycles. The van der Waals surface area contributed by atoms with E-state index in [2.05, 4.69) is 20.0 Å². The molecule has 1 aliphatic rings. The Bertz CT molecular complexity index is 935. The molecule has 8 heteroatoms. The summed E-state index contributed by atoms with van der Waals surface area (Å²) in [5.41, 5.74) is 1.61. The van der Waals surface area contributed by atoms with E-state index in [0.29, 0.717) is 18.5 Å². The Labute approximate surface area is 164 Å². The molecule has 2 aromatic heterocycles. The first-order valence-electron chi connectivity index (χ1n) is 9.75. The number of methoxy groups -OCH3 is 2. The van der Waals surface area contributed by atoms with Gasteiger partial charge in [0.1, 0.15) is 22.9 Å². The van der Waals surface area contributed by atoms with Gasteiger partial charge >= 0.3 is 0 Å². The lowest BCUT2D eigenvalue weighted by Crippen LogP contribution is -2.36. The molecule has 0 bridgehead atoms. The number of nitrogens with zero attached hydrogens (tertiary/aromatic N) is 5. The highest BCUT2D eigenvalue weighted by atomic mass is 16.5. The van der Waals surface area contributed by atoms with Crippen molar-refractivity contribution in [3.8, 4) is 5.75 Å². The number of rotatable bonds is 7. The number of fused-ring (bicyclic) bond motifs is 1. The topological polar surface area (TPSA) is 78.4 Å². The zero-order valence-electron chi connectivity index (χ0n) is 16.7. The minimum absolute atomic E-state index is 0.489. The van der Waals surface area contributed by atoms with Crippen LogP contribution in [0.2, 0.25) is 0 Å². The summed E-state index contributed by atoms with van der Waals surface area (Å²) in [6, 6.07) is 6.40. The molecular weight excluding hydrogens is 358 g/mol. The van der Waals surface area contributed by atoms with Crippen LogP contribution in [0.1, 0.15) is 24.5 Å². The highest BCUT2D eigenvalue weighted by molar-refractivity contribution is 5.76. The fraction of sp³-hybridized carbons (Fsp3) is 0.550. The molecule has 0 saturated carbocycles. The van der Waals surface area contributed by atoms with Crippen molar-refractivity contribution in [3.05, 3.63) is 29.8 Å². The predicted molar refractivity (Wildman–Crippen MR) is 106 cm³/mol. The molecule has 0 N–H and O–H groups in total. The Morgan fingerprint density at radius 1 is 1.25 bits per heavy atom. The summed E-state index contributed by atoms with van der Waals surface area (Å²) < 4.78 is 18.4. The minimum Gasteiger partial charge on any atom is -0.497 e. The third-order valence-corrected chi connectivity index (χ3v) is 5.21. The summed E-state index contributed by atoms with van der Waals surface area (Å²) in [5, 5.41) is 4.51. The van der Waals surface area contributed by atoms with Crippen LogP contribution in [0.5, 0.6) is 5.75 Å². The first kappa shape index (κ1) is 18.7. The van der Waals surface area contributed by atoms with Crippen LogP contribution in [0.15, 0.2) is 22.6 Å². The van der Waals surface area contributed by atoms with Gasteiger partial charge in [0.05, 0.1) is 20.3 Å². The number of hydrogen-bond donors (Lipinski definition) is 0. The van der Waals surface area contributed by atoms with Crippen LogP contribution in [0, 0.1) is 12.8 Å². The van der Waals surface area contributed by atoms with E-state index in [-0.39, 0.29) is 0 Å². The van der Waals surface area contributed by atoms with Gasteiger partial charge in [0.25, 0.3) is 6.01 Å². The first-order valence-corrected chi connectivity index (χ1v) is 9.75. The number of aromatic nitrogens is 4. The van der Waals surface area contributed by atoms with Gasteiger partial charge < -0.3 is 18.8 Å². The van der Waals surface area contributed by atoms with Crippen molar-refractivity contribution in [2.75, 3.05) is 38.8 Å². The lowest BCUT2D eigenvalue weighted by Gasteiger charge is -2.31. The molecule has 1 aliphatic heterocycles. The average molecular weight is 385 g/mol. The summed E-state index contributed by atoms with van der Waals surface area (Å²) in [4.78, 5) is 11.6. The predicted octanol–water partition coefficient (Wildman–Crippen LogP) is 2.84. The molecule has 1 unspecified atom stereocenters. The molecule has 0 spiro atoms. The molecule has 8 nitrogen and oxygen atoms in total. The van der Waals surface area contributed by atoms with Crippen molar-refractivity contribution in [1.29, 1.82) is 0 Å². The monoisotopic (exact) mass is 385 g/mol. The van der Waals surface area contributed by atoms with Crippen molar-refractivity contribution in [3.63, 3.8) is 0 Å². The van der Waals surface area contributed by atoms with Gasteiger partial charge in [0.2, 0.25) is 0 Å². The Balaban J connectivity index is 1.47. The van der Waals surface area contributed by atoms with Crippen LogP contribution in [0.4, 0.5) is 6.01 Å². The molecule has 28 heavy (non-hydrogen) atoms. The van der Waals surface area contributed by atoms with E-state index < -0.39 is 0 Å². The van der Waals surface area contributed by atoms with Gasteiger partial charge in [-0.2, -0.15) is 10.1 Å². The molecule has 150 valence electrons. The molecular formula is C20H27N5O3. The van der Waals surface area contributed by atoms with Crippen LogP contribution in [0.3, 0.4) is 0 Å². The summed E-state index contributed by atoms with van der Waals surface area (Å²) in [6.07, 6.45) is 3.17. The number of anilines is 1. The average Bonchev–Trinajstić information content (AvgIpc) is 3.29. The molecule has 4 rings (SSSR count). The highest BCUT2D eigenvalue weighted by Gasteiger charge is 2.25. The van der Waals surface area contributed by atoms with Crippen LogP contribution < -0.4 is 9.64 Å². The van der Waals surface area contributed by atoms with Gasteiger partial charge in [-0.05, 0) is 37.8 Å². The normalized spacial score (nSPS) is 17.4. The van der Waals surface area contributed by atoms with Gasteiger partial charge in [-0.3, -0.25) is 0 Å². The second-order valence-corrected chi connectivity index (χ2v) is 7.28. The van der Waals surface area contributed by atoms with Crippen LogP contribution in [0.25, 0.3) is 11.1 Å². The number of hydrogen-bond acceptors (Lipinski definition) is 7. The second kappa shape index (κ2) is 8.18. The summed E-state index contributed by atoms with van der Waals surface area (Å²) in [7, 11) is 3.36. The number of aryl methyl sites for hydroxylation is 1. The molecule has 1 fully saturated rings. The SMILES string of the molecule is COCCn1nc(C)nc1CC1CCCN(c2nc3cc(OC)ccc3o2)C1. The standard InChI is InChI=1S/C20H27N5O3/c1-14-21-19(25(23-14)9-10-26-2)11-15-5-4-8-24(13-15)20-22-17-12-16(27-3)6-7-18(17)28-20/h6-7,12,15H,4-5,8-11,13H2,1-3H3. The highest BCUT2D eigenvalue weighted by Crippen LogP contribution is 2.29. The number of oxazole rings is 1. The number of ether oxygens (including phenoxy) is 2. The van der Waals surface area contributed by atoms with Crippen LogP contribution in [-0.4, -0.2) is 53.7 Å². The van der Waals surface area contributed by atoms with Crippen molar-refractivity contribution in [1.82, 2.24) is 19.7 Å². The van der Waals surface area contributed by atoms with Crippen molar-refractivity contribution in [2.45, 2.75) is 32.7 Å². The maximum Gasteiger partial charge on any atom is 0.298 e. The van der Waals surface area contributed by atoms with Crippen molar-refractivity contribution >= 4 is 17.1 Å². The molecule has 3 heterocycles. The Morgan fingerprint density at radius 3 is 2.96 bits per heavy atom. The fourth-order valence-electron chi connectivity index (χ4n) is 3.83. The summed E-state index contributed by atoms with van der Waals surface area (Å²) in [6.45, 7) is 5.16. The largest absolute Gasteiger partial charge is 0.497 e. The third kappa shape index (κ3) is 3.96. The Kier molecular flexibility index (Phi) is 5.47. The molecule has 1 saturated heterocycles. The fourth-order valence-corrected chi connectivity index (χ4v) is 3.83. The third-order valence-electron chi connectivity index (χ3n) is 5.21. The van der Waals surface area contributed by atoms with E-state index in [1.54, 1.807) is 14.2 Å². The molecule has 3 aromatic rings. The zero-order chi connectivity index (χ0) is 19.5. The van der Waals surface area contributed by atoms with Gasteiger partial charge in [-0.1, -0.05) is 0 Å². The van der Waals surface area contributed by atoms with E-state index >= 15 is 0 Å². The zero-order valence-corrected chi connectivity index (χ0v) is 16.7. The maximum atomic E-state index is 6.00. The first-order chi connectivity index (χ1) is 13.7. The molecule has 0 radical (unpaired) electrons. The smallest absolute Gasteiger partial charge is 0.298 e. The van der Waals surface area contributed by atoms with Gasteiger partial charge in [-0.15, -0.1) is 0 Å². The second-order valence-electron chi connectivity index (χ2n) is 7.28.